The Bertz CT molecular complexity index is 894. The molecular formula is C20H20ClN3O2S. The van der Waals surface area contributed by atoms with Crippen LogP contribution in [0.2, 0.25) is 5.02 Å². The van der Waals surface area contributed by atoms with Gasteiger partial charge in [0, 0.05) is 29.6 Å². The monoisotopic (exact) mass is 401 g/mol. The number of rotatable bonds is 7. The van der Waals surface area contributed by atoms with Gasteiger partial charge in [-0.3, -0.25) is 9.36 Å². The Morgan fingerprint density at radius 2 is 1.93 bits per heavy atom. The molecule has 1 aromatic heterocycles. The maximum atomic E-state index is 12.4. The van der Waals surface area contributed by atoms with Crippen LogP contribution in [0.3, 0.4) is 0 Å². The van der Waals surface area contributed by atoms with E-state index in [0.717, 1.165) is 22.2 Å². The highest BCUT2D eigenvalue weighted by Crippen LogP contribution is 2.25. The third kappa shape index (κ3) is 5.05. The van der Waals surface area contributed by atoms with E-state index in [4.69, 9.17) is 16.3 Å². The van der Waals surface area contributed by atoms with Crippen LogP contribution in [0.4, 0.5) is 0 Å². The molecule has 1 unspecified atom stereocenters. The number of hydrogen-bond donors (Lipinski definition) is 1. The highest BCUT2D eigenvalue weighted by molar-refractivity contribution is 8.00. The third-order valence-corrected chi connectivity index (χ3v) is 5.32. The number of hydrogen-bond acceptors (Lipinski definition) is 4. The van der Waals surface area contributed by atoms with Gasteiger partial charge in [0.25, 0.3) is 0 Å². The summed E-state index contributed by atoms with van der Waals surface area (Å²) in [6.45, 7) is 2.34. The Kier molecular flexibility index (Phi) is 6.42. The second kappa shape index (κ2) is 8.97. The zero-order valence-corrected chi connectivity index (χ0v) is 16.6. The largest absolute Gasteiger partial charge is 0.497 e. The van der Waals surface area contributed by atoms with Crippen LogP contribution >= 0.6 is 23.4 Å². The summed E-state index contributed by atoms with van der Waals surface area (Å²) in [5.74, 6) is 0.754. The van der Waals surface area contributed by atoms with Crippen molar-refractivity contribution in [3.63, 3.8) is 0 Å². The van der Waals surface area contributed by atoms with Crippen LogP contribution in [0, 0.1) is 0 Å². The van der Waals surface area contributed by atoms with Gasteiger partial charge in [-0.05, 0) is 48.9 Å². The summed E-state index contributed by atoms with van der Waals surface area (Å²) in [5, 5.41) is 4.11. The molecule has 0 saturated carbocycles. The lowest BCUT2D eigenvalue weighted by Crippen LogP contribution is -2.30. The predicted octanol–water partition coefficient (Wildman–Crippen LogP) is 4.33. The lowest BCUT2D eigenvalue weighted by Gasteiger charge is -2.13. The predicted molar refractivity (Wildman–Crippen MR) is 109 cm³/mol. The van der Waals surface area contributed by atoms with Gasteiger partial charge in [0.2, 0.25) is 5.91 Å². The van der Waals surface area contributed by atoms with E-state index >= 15 is 0 Å². The van der Waals surface area contributed by atoms with Crippen LogP contribution in [-0.2, 0) is 11.3 Å². The van der Waals surface area contributed by atoms with Crippen molar-refractivity contribution < 1.29 is 9.53 Å². The van der Waals surface area contributed by atoms with Crippen molar-refractivity contribution in [1.82, 2.24) is 14.9 Å². The van der Waals surface area contributed by atoms with Gasteiger partial charge in [-0.1, -0.05) is 35.5 Å². The normalized spacial score (nSPS) is 11.8. The number of methoxy groups -OCH3 is 1. The highest BCUT2D eigenvalue weighted by Gasteiger charge is 2.17. The van der Waals surface area contributed by atoms with Crippen LogP contribution < -0.4 is 10.1 Å². The molecule has 3 aromatic rings. The van der Waals surface area contributed by atoms with Crippen LogP contribution in [0.25, 0.3) is 5.69 Å². The molecule has 0 saturated heterocycles. The van der Waals surface area contributed by atoms with Crippen molar-refractivity contribution in [1.29, 1.82) is 0 Å². The van der Waals surface area contributed by atoms with Crippen molar-refractivity contribution in [2.75, 3.05) is 7.11 Å². The van der Waals surface area contributed by atoms with Crippen LogP contribution in [0.1, 0.15) is 12.5 Å². The molecule has 140 valence electrons. The zero-order valence-electron chi connectivity index (χ0n) is 15.1. The molecule has 1 amide bonds. The molecule has 0 aliphatic carbocycles. The minimum Gasteiger partial charge on any atom is -0.497 e. The van der Waals surface area contributed by atoms with Gasteiger partial charge in [0.15, 0.2) is 5.16 Å². The van der Waals surface area contributed by atoms with E-state index < -0.39 is 0 Å². The Balaban J connectivity index is 1.60. The summed E-state index contributed by atoms with van der Waals surface area (Å²) >= 11 is 7.36. The van der Waals surface area contributed by atoms with Gasteiger partial charge < -0.3 is 10.1 Å². The highest BCUT2D eigenvalue weighted by atomic mass is 35.5. The Hall–Kier alpha value is -2.44. The van der Waals surface area contributed by atoms with Crippen molar-refractivity contribution >= 4 is 29.3 Å². The second-order valence-corrected chi connectivity index (χ2v) is 7.63. The molecule has 0 radical (unpaired) electrons. The molecule has 5 nitrogen and oxygen atoms in total. The number of ether oxygens (including phenoxy) is 1. The number of halogens is 1. The molecule has 1 heterocycles. The molecule has 0 aliphatic heterocycles. The average Bonchev–Trinajstić information content (AvgIpc) is 3.15. The quantitative estimate of drug-likeness (QED) is 0.598. The number of nitrogens with one attached hydrogen (secondary N) is 1. The summed E-state index contributed by atoms with van der Waals surface area (Å²) in [6.07, 6.45) is 3.59. The minimum atomic E-state index is -0.281. The third-order valence-electron chi connectivity index (χ3n) is 3.99. The van der Waals surface area contributed by atoms with Crippen LogP contribution in [0.5, 0.6) is 5.75 Å². The SMILES string of the molecule is COc1ccc(CNC(=O)C(C)Sc2nccn2-c2ccc(Cl)cc2)cc1. The minimum absolute atomic E-state index is 0.0403. The molecule has 2 aromatic carbocycles. The Morgan fingerprint density at radius 3 is 2.59 bits per heavy atom. The zero-order chi connectivity index (χ0) is 19.2. The second-order valence-electron chi connectivity index (χ2n) is 5.88. The molecule has 0 aliphatic rings. The number of carbonyl (C=O) groups is 1. The van der Waals surface area contributed by atoms with Gasteiger partial charge in [-0.2, -0.15) is 0 Å². The van der Waals surface area contributed by atoms with Gasteiger partial charge in [0.1, 0.15) is 5.75 Å². The molecule has 0 spiro atoms. The van der Waals surface area contributed by atoms with E-state index in [0.29, 0.717) is 11.6 Å². The van der Waals surface area contributed by atoms with Crippen molar-refractivity contribution in [3.8, 4) is 11.4 Å². The summed E-state index contributed by atoms with van der Waals surface area (Å²) < 4.78 is 7.08. The summed E-state index contributed by atoms with van der Waals surface area (Å²) in [4.78, 5) is 16.8. The summed E-state index contributed by atoms with van der Waals surface area (Å²) in [6, 6.07) is 15.1. The topological polar surface area (TPSA) is 56.1 Å². The van der Waals surface area contributed by atoms with Crippen molar-refractivity contribution in [2.45, 2.75) is 23.9 Å². The summed E-state index contributed by atoms with van der Waals surface area (Å²) in [7, 11) is 1.63. The maximum absolute atomic E-state index is 12.4. The maximum Gasteiger partial charge on any atom is 0.233 e. The first-order valence-electron chi connectivity index (χ1n) is 8.43. The van der Waals surface area contributed by atoms with E-state index in [1.807, 2.05) is 66.2 Å². The standard InChI is InChI=1S/C20H20ClN3O2S/c1-14(19(25)23-13-15-3-9-18(26-2)10-4-15)27-20-22-11-12-24(20)17-7-5-16(21)6-8-17/h3-12,14H,13H2,1-2H3,(H,23,25). The lowest BCUT2D eigenvalue weighted by atomic mass is 10.2. The summed E-state index contributed by atoms with van der Waals surface area (Å²) in [5.41, 5.74) is 1.97. The van der Waals surface area contributed by atoms with E-state index in [-0.39, 0.29) is 11.2 Å². The van der Waals surface area contributed by atoms with E-state index in [1.54, 1.807) is 13.3 Å². The van der Waals surface area contributed by atoms with Gasteiger partial charge >= 0.3 is 0 Å². The van der Waals surface area contributed by atoms with Gasteiger partial charge in [-0.25, -0.2) is 4.98 Å². The molecule has 1 atom stereocenters. The number of aromatic nitrogens is 2. The number of carbonyl (C=O) groups excluding carboxylic acids is 1. The Labute approximate surface area is 167 Å². The van der Waals surface area contributed by atoms with Crippen LogP contribution in [0.15, 0.2) is 66.1 Å². The van der Waals surface area contributed by atoms with E-state index in [9.17, 15) is 4.79 Å². The molecule has 27 heavy (non-hydrogen) atoms. The smallest absolute Gasteiger partial charge is 0.233 e. The fourth-order valence-electron chi connectivity index (χ4n) is 2.46. The molecule has 1 N–H and O–H groups in total. The molecule has 3 rings (SSSR count). The van der Waals surface area contributed by atoms with E-state index in [2.05, 4.69) is 10.3 Å². The van der Waals surface area contributed by atoms with Crippen LogP contribution in [-0.4, -0.2) is 27.8 Å². The number of imidazole rings is 1. The lowest BCUT2D eigenvalue weighted by molar-refractivity contribution is -0.120. The number of nitrogens with zero attached hydrogens (tertiary/aromatic N) is 2. The first kappa shape index (κ1) is 19.3. The van der Waals surface area contributed by atoms with E-state index in [1.165, 1.54) is 11.8 Å². The first-order valence-corrected chi connectivity index (χ1v) is 9.69. The fraction of sp³-hybridized carbons (Fsp3) is 0.200. The number of thioether (sulfide) groups is 1. The molecule has 7 heteroatoms. The first-order chi connectivity index (χ1) is 13.1. The van der Waals surface area contributed by atoms with Gasteiger partial charge in [0.05, 0.1) is 12.4 Å². The molecular weight excluding hydrogens is 382 g/mol. The van der Waals surface area contributed by atoms with Gasteiger partial charge in [-0.15, -0.1) is 0 Å². The Morgan fingerprint density at radius 1 is 1.22 bits per heavy atom. The molecule has 0 bridgehead atoms. The van der Waals surface area contributed by atoms with Crippen molar-refractivity contribution in [3.05, 3.63) is 71.5 Å². The molecule has 0 fully saturated rings. The number of benzene rings is 2. The number of amides is 1. The average molecular weight is 402 g/mol. The van der Waals surface area contributed by atoms with Crippen molar-refractivity contribution in [2.24, 2.45) is 0 Å². The fourth-order valence-corrected chi connectivity index (χ4v) is 3.50.